The Bertz CT molecular complexity index is 707. The van der Waals surface area contributed by atoms with E-state index >= 15 is 0 Å². The van der Waals surface area contributed by atoms with Gasteiger partial charge < -0.3 is 10.1 Å². The van der Waals surface area contributed by atoms with E-state index in [-0.39, 0.29) is 11.4 Å². The molecule has 2 rings (SSSR count). The standard InChI is InChI=1S/C22H29NO2/c1-6-19(25-20-14-16(2)12-13-17(20)3)21(24)23-22(4,5)15-18-10-8-7-9-11-18/h7-14,19H,6,15H2,1-5H3,(H,23,24)/t19-/m0/s1. The van der Waals surface area contributed by atoms with Crippen LogP contribution in [0.15, 0.2) is 48.5 Å². The number of carbonyl (C=O) groups is 1. The second kappa shape index (κ2) is 8.19. The minimum absolute atomic E-state index is 0.0654. The van der Waals surface area contributed by atoms with Gasteiger partial charge in [-0.1, -0.05) is 49.4 Å². The summed E-state index contributed by atoms with van der Waals surface area (Å²) in [6, 6.07) is 16.3. The van der Waals surface area contributed by atoms with E-state index in [1.165, 1.54) is 5.56 Å². The Hall–Kier alpha value is -2.29. The van der Waals surface area contributed by atoms with Gasteiger partial charge in [0.15, 0.2) is 6.10 Å². The molecule has 0 aromatic heterocycles. The molecule has 2 aromatic rings. The smallest absolute Gasteiger partial charge is 0.261 e. The molecular weight excluding hydrogens is 310 g/mol. The molecule has 0 fully saturated rings. The zero-order valence-corrected chi connectivity index (χ0v) is 15.9. The quantitative estimate of drug-likeness (QED) is 0.801. The fraction of sp³-hybridized carbons (Fsp3) is 0.409. The maximum Gasteiger partial charge on any atom is 0.261 e. The summed E-state index contributed by atoms with van der Waals surface area (Å²) in [5.74, 6) is 0.715. The lowest BCUT2D eigenvalue weighted by atomic mass is 9.94. The van der Waals surface area contributed by atoms with Crippen LogP contribution in [-0.4, -0.2) is 17.6 Å². The van der Waals surface area contributed by atoms with Crippen molar-refractivity contribution in [1.29, 1.82) is 0 Å². The van der Waals surface area contributed by atoms with Crippen molar-refractivity contribution in [2.45, 2.75) is 59.1 Å². The number of amides is 1. The van der Waals surface area contributed by atoms with Crippen LogP contribution in [0.4, 0.5) is 0 Å². The van der Waals surface area contributed by atoms with Crippen molar-refractivity contribution in [2.24, 2.45) is 0 Å². The molecule has 0 saturated carbocycles. The minimum atomic E-state index is -0.490. The number of rotatable bonds is 7. The van der Waals surface area contributed by atoms with Gasteiger partial charge in [-0.3, -0.25) is 4.79 Å². The second-order valence-corrected chi connectivity index (χ2v) is 7.32. The van der Waals surface area contributed by atoms with Gasteiger partial charge in [-0.2, -0.15) is 0 Å². The number of hydrogen-bond donors (Lipinski definition) is 1. The maximum atomic E-state index is 12.7. The van der Waals surface area contributed by atoms with Gasteiger partial charge in [0.1, 0.15) is 5.75 Å². The third kappa shape index (κ3) is 5.63. The van der Waals surface area contributed by atoms with E-state index in [1.54, 1.807) is 0 Å². The summed E-state index contributed by atoms with van der Waals surface area (Å²) in [6.07, 6.45) is 0.913. The summed E-state index contributed by atoms with van der Waals surface area (Å²) in [7, 11) is 0. The Balaban J connectivity index is 2.04. The fourth-order valence-corrected chi connectivity index (χ4v) is 2.87. The predicted octanol–water partition coefficient (Wildman–Crippen LogP) is 4.60. The van der Waals surface area contributed by atoms with Crippen LogP contribution in [0.25, 0.3) is 0 Å². The van der Waals surface area contributed by atoms with E-state index in [4.69, 9.17) is 4.74 Å². The van der Waals surface area contributed by atoms with Crippen molar-refractivity contribution in [3.05, 3.63) is 65.2 Å². The first-order valence-electron chi connectivity index (χ1n) is 8.90. The molecule has 0 aliphatic carbocycles. The molecular formula is C22H29NO2. The van der Waals surface area contributed by atoms with Crippen molar-refractivity contribution in [2.75, 3.05) is 0 Å². The van der Waals surface area contributed by atoms with Crippen LogP contribution in [0.1, 0.15) is 43.9 Å². The second-order valence-electron chi connectivity index (χ2n) is 7.32. The van der Waals surface area contributed by atoms with Crippen molar-refractivity contribution in [3.8, 4) is 5.75 Å². The van der Waals surface area contributed by atoms with Crippen LogP contribution in [0.2, 0.25) is 0 Å². The number of ether oxygens (including phenoxy) is 1. The van der Waals surface area contributed by atoms with Gasteiger partial charge in [-0.05, 0) is 63.3 Å². The molecule has 0 aliphatic rings. The monoisotopic (exact) mass is 339 g/mol. The first kappa shape index (κ1) is 19.0. The van der Waals surface area contributed by atoms with Gasteiger partial charge in [0.25, 0.3) is 5.91 Å². The highest BCUT2D eigenvalue weighted by atomic mass is 16.5. The fourth-order valence-electron chi connectivity index (χ4n) is 2.87. The lowest BCUT2D eigenvalue weighted by Crippen LogP contribution is -2.50. The van der Waals surface area contributed by atoms with E-state index < -0.39 is 6.10 Å². The molecule has 3 nitrogen and oxygen atoms in total. The largest absolute Gasteiger partial charge is 0.480 e. The highest BCUT2D eigenvalue weighted by molar-refractivity contribution is 5.81. The van der Waals surface area contributed by atoms with E-state index in [9.17, 15) is 4.79 Å². The summed E-state index contributed by atoms with van der Waals surface area (Å²) in [5.41, 5.74) is 3.04. The Morgan fingerprint density at radius 3 is 2.44 bits per heavy atom. The molecule has 1 amide bonds. The van der Waals surface area contributed by atoms with Crippen molar-refractivity contribution in [3.63, 3.8) is 0 Å². The van der Waals surface area contributed by atoms with E-state index in [0.717, 1.165) is 23.3 Å². The summed E-state index contributed by atoms with van der Waals surface area (Å²) in [6.45, 7) is 10.1. The summed E-state index contributed by atoms with van der Waals surface area (Å²) < 4.78 is 6.02. The number of nitrogens with one attached hydrogen (secondary N) is 1. The summed E-state index contributed by atoms with van der Waals surface area (Å²) >= 11 is 0. The molecule has 2 aromatic carbocycles. The van der Waals surface area contributed by atoms with E-state index in [1.807, 2.05) is 71.0 Å². The van der Waals surface area contributed by atoms with Crippen molar-refractivity contribution in [1.82, 2.24) is 5.32 Å². The Morgan fingerprint density at radius 2 is 1.80 bits per heavy atom. The average Bonchev–Trinajstić information content (AvgIpc) is 2.55. The minimum Gasteiger partial charge on any atom is -0.480 e. The molecule has 134 valence electrons. The number of benzene rings is 2. The molecule has 25 heavy (non-hydrogen) atoms. The van der Waals surface area contributed by atoms with Gasteiger partial charge in [0.05, 0.1) is 0 Å². The first-order valence-corrected chi connectivity index (χ1v) is 8.90. The molecule has 0 aliphatic heterocycles. The predicted molar refractivity (Wildman–Crippen MR) is 103 cm³/mol. The van der Waals surface area contributed by atoms with Gasteiger partial charge in [0, 0.05) is 5.54 Å². The summed E-state index contributed by atoms with van der Waals surface area (Å²) in [4.78, 5) is 12.7. The van der Waals surface area contributed by atoms with Crippen LogP contribution >= 0.6 is 0 Å². The molecule has 0 radical (unpaired) electrons. The van der Waals surface area contributed by atoms with Crippen LogP contribution in [0.5, 0.6) is 5.75 Å². The normalized spacial score (nSPS) is 12.5. The molecule has 3 heteroatoms. The summed E-state index contributed by atoms with van der Waals surface area (Å²) in [5, 5.41) is 3.15. The van der Waals surface area contributed by atoms with Crippen LogP contribution in [0.3, 0.4) is 0 Å². The van der Waals surface area contributed by atoms with Gasteiger partial charge >= 0.3 is 0 Å². The average molecular weight is 339 g/mol. The SMILES string of the molecule is CC[C@H](Oc1cc(C)ccc1C)C(=O)NC(C)(C)Cc1ccccc1. The molecule has 0 heterocycles. The lowest BCUT2D eigenvalue weighted by molar-refractivity contribution is -0.129. The topological polar surface area (TPSA) is 38.3 Å². The highest BCUT2D eigenvalue weighted by Crippen LogP contribution is 2.22. The van der Waals surface area contributed by atoms with Gasteiger partial charge in [-0.25, -0.2) is 0 Å². The Labute approximate surface area is 151 Å². The van der Waals surface area contributed by atoms with Crippen LogP contribution < -0.4 is 10.1 Å². The van der Waals surface area contributed by atoms with Gasteiger partial charge in [-0.15, -0.1) is 0 Å². The molecule has 1 atom stereocenters. The lowest BCUT2D eigenvalue weighted by Gasteiger charge is -2.29. The molecule has 0 spiro atoms. The molecule has 0 saturated heterocycles. The van der Waals surface area contributed by atoms with Crippen LogP contribution in [0, 0.1) is 13.8 Å². The Kier molecular flexibility index (Phi) is 6.24. The first-order chi connectivity index (χ1) is 11.8. The highest BCUT2D eigenvalue weighted by Gasteiger charge is 2.26. The maximum absolute atomic E-state index is 12.7. The van der Waals surface area contributed by atoms with Gasteiger partial charge in [0.2, 0.25) is 0 Å². The zero-order valence-electron chi connectivity index (χ0n) is 15.9. The molecule has 0 bridgehead atoms. The van der Waals surface area contributed by atoms with Crippen LogP contribution in [-0.2, 0) is 11.2 Å². The van der Waals surface area contributed by atoms with E-state index in [0.29, 0.717) is 6.42 Å². The molecule has 1 N–H and O–H groups in total. The number of hydrogen-bond acceptors (Lipinski definition) is 2. The third-order valence-corrected chi connectivity index (χ3v) is 4.23. The number of aryl methyl sites for hydroxylation is 2. The Morgan fingerprint density at radius 1 is 1.12 bits per heavy atom. The molecule has 0 unspecified atom stereocenters. The van der Waals surface area contributed by atoms with Crippen molar-refractivity contribution < 1.29 is 9.53 Å². The third-order valence-electron chi connectivity index (χ3n) is 4.23. The van der Waals surface area contributed by atoms with Crippen molar-refractivity contribution >= 4 is 5.91 Å². The number of carbonyl (C=O) groups excluding carboxylic acids is 1. The zero-order chi connectivity index (χ0) is 18.4. The van der Waals surface area contributed by atoms with E-state index in [2.05, 4.69) is 17.4 Å².